The van der Waals surface area contributed by atoms with Gasteiger partial charge in [0.25, 0.3) is 10.0 Å². The van der Waals surface area contributed by atoms with E-state index < -0.39 is 28.5 Å². The van der Waals surface area contributed by atoms with Crippen LogP contribution in [0, 0.1) is 6.92 Å². The number of sulfonamides is 1. The molecule has 7 nitrogen and oxygen atoms in total. The van der Waals surface area contributed by atoms with Crippen LogP contribution in [0.3, 0.4) is 0 Å². The standard InChI is InChI=1S/C28H32BrN3O4S/c1-5-23-8-6-7-9-26(23)32(37(35,36)25-16-10-20(2)11-17-25)19-27(33)31(21(3)28(34)30-4)18-22-12-14-24(29)15-13-22/h6-17,21H,5,18-19H2,1-4H3,(H,30,34). The fraction of sp³-hybridized carbons (Fsp3) is 0.286. The lowest BCUT2D eigenvalue weighted by molar-refractivity contribution is -0.139. The Morgan fingerprint density at radius 1 is 0.973 bits per heavy atom. The summed E-state index contributed by atoms with van der Waals surface area (Å²) in [5, 5.41) is 2.59. The third-order valence-electron chi connectivity index (χ3n) is 6.21. The minimum absolute atomic E-state index is 0.0932. The van der Waals surface area contributed by atoms with Crippen molar-refractivity contribution in [3.05, 3.63) is 94.0 Å². The first kappa shape index (κ1) is 28.4. The van der Waals surface area contributed by atoms with Gasteiger partial charge in [0.15, 0.2) is 0 Å². The van der Waals surface area contributed by atoms with Gasteiger partial charge in [0.05, 0.1) is 10.6 Å². The lowest BCUT2D eigenvalue weighted by Gasteiger charge is -2.32. The number of anilines is 1. The van der Waals surface area contributed by atoms with Crippen LogP contribution in [0.2, 0.25) is 0 Å². The van der Waals surface area contributed by atoms with E-state index in [-0.39, 0.29) is 17.3 Å². The van der Waals surface area contributed by atoms with Crippen LogP contribution < -0.4 is 9.62 Å². The number of hydrogen-bond acceptors (Lipinski definition) is 4. The number of carbonyl (C=O) groups is 2. The van der Waals surface area contributed by atoms with E-state index in [9.17, 15) is 18.0 Å². The van der Waals surface area contributed by atoms with Crippen LogP contribution >= 0.6 is 15.9 Å². The van der Waals surface area contributed by atoms with Crippen LogP contribution in [0.25, 0.3) is 0 Å². The average Bonchev–Trinajstić information content (AvgIpc) is 2.90. The van der Waals surface area contributed by atoms with Crippen molar-refractivity contribution in [2.45, 2.75) is 44.7 Å². The minimum Gasteiger partial charge on any atom is -0.357 e. The van der Waals surface area contributed by atoms with E-state index >= 15 is 0 Å². The Labute approximate surface area is 227 Å². The van der Waals surface area contributed by atoms with Gasteiger partial charge in [0.2, 0.25) is 11.8 Å². The Balaban J connectivity index is 2.06. The molecule has 0 saturated heterocycles. The van der Waals surface area contributed by atoms with Crippen molar-refractivity contribution in [3.63, 3.8) is 0 Å². The van der Waals surface area contributed by atoms with Crippen molar-refractivity contribution in [2.24, 2.45) is 0 Å². The molecule has 0 radical (unpaired) electrons. The summed E-state index contributed by atoms with van der Waals surface area (Å²) in [6.07, 6.45) is 0.585. The molecule has 3 aromatic carbocycles. The van der Waals surface area contributed by atoms with Crippen molar-refractivity contribution in [3.8, 4) is 0 Å². The molecule has 0 spiro atoms. The Bertz CT molecular complexity index is 1340. The lowest BCUT2D eigenvalue weighted by Crippen LogP contribution is -2.50. The molecule has 1 atom stereocenters. The molecular weight excluding hydrogens is 554 g/mol. The van der Waals surface area contributed by atoms with Crippen LogP contribution in [0.4, 0.5) is 5.69 Å². The number of amides is 2. The van der Waals surface area contributed by atoms with E-state index in [1.807, 2.05) is 50.2 Å². The van der Waals surface area contributed by atoms with Gasteiger partial charge in [-0.2, -0.15) is 0 Å². The Hall–Kier alpha value is -3.17. The molecule has 3 aromatic rings. The van der Waals surface area contributed by atoms with Crippen LogP contribution in [0.1, 0.15) is 30.5 Å². The second-order valence-corrected chi connectivity index (χ2v) is 11.5. The van der Waals surface area contributed by atoms with Crippen molar-refractivity contribution in [2.75, 3.05) is 17.9 Å². The topological polar surface area (TPSA) is 86.8 Å². The molecule has 0 aliphatic carbocycles. The number of likely N-dealkylation sites (N-methyl/N-ethyl adjacent to an activating group) is 1. The average molecular weight is 587 g/mol. The zero-order valence-corrected chi connectivity index (χ0v) is 23.8. The van der Waals surface area contributed by atoms with E-state index in [1.54, 1.807) is 43.3 Å². The van der Waals surface area contributed by atoms with Crippen molar-refractivity contribution < 1.29 is 18.0 Å². The molecule has 3 rings (SSSR count). The fourth-order valence-corrected chi connectivity index (χ4v) is 5.70. The van der Waals surface area contributed by atoms with E-state index in [2.05, 4.69) is 21.2 Å². The SMILES string of the molecule is CCc1ccccc1N(CC(=O)N(Cc1ccc(Br)cc1)C(C)C(=O)NC)S(=O)(=O)c1ccc(C)cc1. The maximum absolute atomic E-state index is 13.9. The van der Waals surface area contributed by atoms with E-state index in [1.165, 1.54) is 11.9 Å². The van der Waals surface area contributed by atoms with Gasteiger partial charge in [-0.15, -0.1) is 0 Å². The number of hydrogen-bond donors (Lipinski definition) is 1. The molecule has 9 heteroatoms. The van der Waals surface area contributed by atoms with Crippen molar-refractivity contribution >= 4 is 43.5 Å². The Morgan fingerprint density at radius 3 is 2.19 bits per heavy atom. The van der Waals surface area contributed by atoms with Gasteiger partial charge in [0, 0.05) is 18.1 Å². The molecule has 37 heavy (non-hydrogen) atoms. The largest absolute Gasteiger partial charge is 0.357 e. The monoisotopic (exact) mass is 585 g/mol. The summed E-state index contributed by atoms with van der Waals surface area (Å²) in [6, 6.07) is 20.3. The summed E-state index contributed by atoms with van der Waals surface area (Å²) < 4.78 is 29.8. The van der Waals surface area contributed by atoms with Gasteiger partial charge in [-0.05, 0) is 61.7 Å². The number of rotatable bonds is 10. The molecule has 0 heterocycles. The number of nitrogens with one attached hydrogen (secondary N) is 1. The second-order valence-electron chi connectivity index (χ2n) is 8.75. The molecule has 0 fully saturated rings. The fourth-order valence-electron chi connectivity index (χ4n) is 3.98. The van der Waals surface area contributed by atoms with Gasteiger partial charge in [-0.3, -0.25) is 13.9 Å². The van der Waals surface area contributed by atoms with E-state index in [0.29, 0.717) is 12.1 Å². The highest BCUT2D eigenvalue weighted by Crippen LogP contribution is 2.28. The van der Waals surface area contributed by atoms with Crippen LogP contribution in [0.15, 0.2) is 82.2 Å². The number of para-hydroxylation sites is 1. The van der Waals surface area contributed by atoms with Gasteiger partial charge < -0.3 is 10.2 Å². The first-order chi connectivity index (χ1) is 17.6. The first-order valence-electron chi connectivity index (χ1n) is 12.0. The van der Waals surface area contributed by atoms with Crippen molar-refractivity contribution in [1.82, 2.24) is 10.2 Å². The molecule has 2 amide bonds. The Morgan fingerprint density at radius 2 is 1.59 bits per heavy atom. The maximum atomic E-state index is 13.9. The molecule has 196 valence electrons. The predicted molar refractivity (Wildman–Crippen MR) is 150 cm³/mol. The Kier molecular flexibility index (Phi) is 9.50. The third kappa shape index (κ3) is 6.78. The second kappa shape index (κ2) is 12.4. The summed E-state index contributed by atoms with van der Waals surface area (Å²) in [4.78, 5) is 27.9. The smallest absolute Gasteiger partial charge is 0.264 e. The highest BCUT2D eigenvalue weighted by atomic mass is 79.9. The zero-order valence-electron chi connectivity index (χ0n) is 21.4. The van der Waals surface area contributed by atoms with Gasteiger partial charge in [-0.25, -0.2) is 8.42 Å². The molecular formula is C28H32BrN3O4S. The van der Waals surface area contributed by atoms with Crippen LogP contribution in [-0.4, -0.2) is 44.8 Å². The molecule has 0 aliphatic heterocycles. The molecule has 1 N–H and O–H groups in total. The number of carbonyl (C=O) groups excluding carboxylic acids is 2. The highest BCUT2D eigenvalue weighted by Gasteiger charge is 2.33. The first-order valence-corrected chi connectivity index (χ1v) is 14.2. The van der Waals surface area contributed by atoms with Crippen LogP contribution in [-0.2, 0) is 32.6 Å². The van der Waals surface area contributed by atoms with Crippen molar-refractivity contribution in [1.29, 1.82) is 0 Å². The third-order valence-corrected chi connectivity index (χ3v) is 8.51. The summed E-state index contributed by atoms with van der Waals surface area (Å²) >= 11 is 3.41. The van der Waals surface area contributed by atoms with Gasteiger partial charge in [-0.1, -0.05) is 70.9 Å². The lowest BCUT2D eigenvalue weighted by atomic mass is 10.1. The van der Waals surface area contributed by atoms with Gasteiger partial charge >= 0.3 is 0 Å². The number of nitrogens with zero attached hydrogens (tertiary/aromatic N) is 2. The molecule has 0 bridgehead atoms. The number of halogens is 1. The van der Waals surface area contributed by atoms with E-state index in [4.69, 9.17) is 0 Å². The maximum Gasteiger partial charge on any atom is 0.264 e. The quantitative estimate of drug-likeness (QED) is 0.374. The zero-order chi connectivity index (χ0) is 27.2. The van der Waals surface area contributed by atoms with Gasteiger partial charge in [0.1, 0.15) is 12.6 Å². The molecule has 1 unspecified atom stereocenters. The number of benzene rings is 3. The molecule has 0 aromatic heterocycles. The highest BCUT2D eigenvalue weighted by molar-refractivity contribution is 9.10. The molecule has 0 aliphatic rings. The summed E-state index contributed by atoms with van der Waals surface area (Å²) in [5.41, 5.74) is 2.98. The van der Waals surface area contributed by atoms with Crippen LogP contribution in [0.5, 0.6) is 0 Å². The predicted octanol–water partition coefficient (Wildman–Crippen LogP) is 4.68. The minimum atomic E-state index is -4.08. The number of aryl methyl sites for hydroxylation is 2. The normalized spacial score (nSPS) is 12.0. The summed E-state index contributed by atoms with van der Waals surface area (Å²) in [6.45, 7) is 5.14. The summed E-state index contributed by atoms with van der Waals surface area (Å²) in [7, 11) is -2.58. The molecule has 0 saturated carbocycles. The summed E-state index contributed by atoms with van der Waals surface area (Å²) in [5.74, 6) is -0.826. The van der Waals surface area contributed by atoms with E-state index in [0.717, 1.165) is 25.5 Å².